The van der Waals surface area contributed by atoms with Crippen molar-refractivity contribution in [2.75, 3.05) is 6.54 Å². The molecule has 2 N–H and O–H groups in total. The number of nitrogens with one attached hydrogen (secondary N) is 2. The molecule has 0 spiro atoms. The Kier molecular flexibility index (Phi) is 1.35. The van der Waals surface area contributed by atoms with Gasteiger partial charge in [0, 0.05) is 12.7 Å². The number of aromatic amines is 1. The molecule has 52 valence electrons. The zero-order valence-corrected chi connectivity index (χ0v) is 6.81. The Morgan fingerprint density at radius 2 is 2.50 bits per heavy atom. The van der Waals surface area contributed by atoms with Crippen molar-refractivity contribution in [3.63, 3.8) is 0 Å². The van der Waals surface area contributed by atoms with Crippen molar-refractivity contribution in [2.24, 2.45) is 0 Å². The summed E-state index contributed by atoms with van der Waals surface area (Å²) < 4.78 is 2.10. The summed E-state index contributed by atoms with van der Waals surface area (Å²) in [5.41, 5.74) is 0. The smallest absolute Gasteiger partial charge is 0.159 e. The number of rotatable bonds is 0. The average Bonchev–Trinajstić information content (AvgIpc) is 2.27. The Hall–Kier alpha value is -0.610. The molecule has 0 aromatic carbocycles. The fourth-order valence-corrected chi connectivity index (χ4v) is 2.05. The van der Waals surface area contributed by atoms with Crippen molar-refractivity contribution in [2.45, 2.75) is 0 Å². The Morgan fingerprint density at radius 3 is 3.30 bits per heavy atom. The summed E-state index contributed by atoms with van der Waals surface area (Å²) in [5.74, 6) is 0. The highest BCUT2D eigenvalue weighted by molar-refractivity contribution is 7.73. The maximum Gasteiger partial charge on any atom is 0.159 e. The van der Waals surface area contributed by atoms with Gasteiger partial charge in [-0.15, -0.1) is 11.3 Å². The first kappa shape index (κ1) is 6.12. The molecule has 2 rings (SSSR count). The van der Waals surface area contributed by atoms with Crippen LogP contribution in [0, 0.1) is 3.95 Å². The number of thiazole rings is 1. The predicted molar refractivity (Wildman–Crippen MR) is 45.7 cm³/mol. The summed E-state index contributed by atoms with van der Waals surface area (Å²) in [5, 5.41) is 4.22. The number of hydrogen-bond acceptors (Lipinski definition) is 3. The van der Waals surface area contributed by atoms with Crippen LogP contribution in [0.1, 0.15) is 0 Å². The molecule has 1 aromatic rings. The van der Waals surface area contributed by atoms with E-state index in [2.05, 4.69) is 16.4 Å². The number of aromatic nitrogens is 1. The standard InChI is InChI=1S/C6H6N2S2/c9-6-8-4-3-7-2-1-5(4)10-6/h1,3,7H,2H2,(H,8,9). The van der Waals surface area contributed by atoms with Gasteiger partial charge < -0.3 is 10.3 Å². The van der Waals surface area contributed by atoms with Gasteiger partial charge in [0.1, 0.15) is 0 Å². The van der Waals surface area contributed by atoms with Crippen molar-refractivity contribution in [3.8, 4) is 0 Å². The largest absolute Gasteiger partial charge is 0.386 e. The number of fused-ring (bicyclic) bond motifs is 1. The highest BCUT2D eigenvalue weighted by Crippen LogP contribution is 1.85. The molecule has 4 heteroatoms. The van der Waals surface area contributed by atoms with E-state index in [1.54, 1.807) is 11.3 Å². The second-order valence-corrected chi connectivity index (χ2v) is 3.77. The molecule has 1 aromatic heterocycles. The van der Waals surface area contributed by atoms with Gasteiger partial charge >= 0.3 is 0 Å². The Morgan fingerprint density at radius 1 is 1.60 bits per heavy atom. The summed E-state index contributed by atoms with van der Waals surface area (Å²) in [6.45, 7) is 0.913. The molecule has 0 radical (unpaired) electrons. The van der Waals surface area contributed by atoms with Crippen LogP contribution in [0.5, 0.6) is 0 Å². The van der Waals surface area contributed by atoms with E-state index in [-0.39, 0.29) is 0 Å². The minimum atomic E-state index is 0.848. The molecule has 1 aliphatic rings. The van der Waals surface area contributed by atoms with Crippen molar-refractivity contribution < 1.29 is 0 Å². The molecule has 1 aliphatic heterocycles. The zero-order chi connectivity index (χ0) is 6.97. The van der Waals surface area contributed by atoms with Crippen molar-refractivity contribution in [3.05, 3.63) is 13.8 Å². The molecule has 0 fully saturated rings. The minimum absolute atomic E-state index is 0.848. The van der Waals surface area contributed by atoms with Gasteiger partial charge in [-0.05, 0) is 18.3 Å². The van der Waals surface area contributed by atoms with Gasteiger partial charge in [0.15, 0.2) is 3.95 Å². The molecule has 0 amide bonds. The van der Waals surface area contributed by atoms with Crippen LogP contribution >= 0.6 is 23.6 Å². The van der Waals surface area contributed by atoms with E-state index in [0.29, 0.717) is 0 Å². The first-order chi connectivity index (χ1) is 4.86. The van der Waals surface area contributed by atoms with E-state index in [9.17, 15) is 0 Å². The van der Waals surface area contributed by atoms with E-state index in [0.717, 1.165) is 15.8 Å². The molecule has 0 bridgehead atoms. The van der Waals surface area contributed by atoms with Gasteiger partial charge in [-0.25, -0.2) is 0 Å². The monoisotopic (exact) mass is 170 g/mol. The first-order valence-corrected chi connectivity index (χ1v) is 4.21. The lowest BCUT2D eigenvalue weighted by Gasteiger charge is -1.95. The average molecular weight is 170 g/mol. The van der Waals surface area contributed by atoms with Crippen LogP contribution in [-0.4, -0.2) is 11.5 Å². The topological polar surface area (TPSA) is 27.8 Å². The molecule has 2 nitrogen and oxygen atoms in total. The highest BCUT2D eigenvalue weighted by Gasteiger charge is 1.92. The maximum atomic E-state index is 4.98. The Bertz CT molecular complexity index is 362. The van der Waals surface area contributed by atoms with Gasteiger partial charge in [-0.2, -0.15) is 0 Å². The lowest BCUT2D eigenvalue weighted by Crippen LogP contribution is -2.30. The van der Waals surface area contributed by atoms with E-state index >= 15 is 0 Å². The molecule has 0 saturated carbocycles. The van der Waals surface area contributed by atoms with Crippen LogP contribution in [0.15, 0.2) is 0 Å². The second kappa shape index (κ2) is 2.21. The van der Waals surface area contributed by atoms with Gasteiger partial charge in [0.25, 0.3) is 0 Å². The molecule has 2 heterocycles. The van der Waals surface area contributed by atoms with Gasteiger partial charge in [0.05, 0.1) is 9.88 Å². The van der Waals surface area contributed by atoms with Crippen LogP contribution in [0.4, 0.5) is 0 Å². The first-order valence-electron chi connectivity index (χ1n) is 2.99. The highest BCUT2D eigenvalue weighted by atomic mass is 32.1. The van der Waals surface area contributed by atoms with Gasteiger partial charge in [0.2, 0.25) is 0 Å². The summed E-state index contributed by atoms with van der Waals surface area (Å²) >= 11 is 6.60. The fraction of sp³-hybridized carbons (Fsp3) is 0.167. The Balaban J connectivity index is 2.96. The lowest BCUT2D eigenvalue weighted by atomic mass is 10.4. The maximum absolute atomic E-state index is 4.98. The SMILES string of the molecule is S=c1[nH]c2c(s1)=CCNC=2. The Labute approximate surface area is 66.9 Å². The predicted octanol–water partition coefficient (Wildman–Crippen LogP) is -0.0726. The van der Waals surface area contributed by atoms with Crippen LogP contribution in [0.25, 0.3) is 12.3 Å². The van der Waals surface area contributed by atoms with E-state index in [1.807, 2.05) is 6.20 Å². The molecule has 0 aliphatic carbocycles. The minimum Gasteiger partial charge on any atom is -0.386 e. The molecule has 0 unspecified atom stereocenters. The van der Waals surface area contributed by atoms with Crippen LogP contribution < -0.4 is 15.2 Å². The third-order valence-electron chi connectivity index (χ3n) is 1.36. The van der Waals surface area contributed by atoms with Gasteiger partial charge in [-0.1, -0.05) is 0 Å². The zero-order valence-electron chi connectivity index (χ0n) is 5.18. The van der Waals surface area contributed by atoms with E-state index in [1.165, 1.54) is 4.53 Å². The van der Waals surface area contributed by atoms with Crippen molar-refractivity contribution >= 4 is 35.8 Å². The molecular weight excluding hydrogens is 164 g/mol. The van der Waals surface area contributed by atoms with Crippen molar-refractivity contribution in [1.82, 2.24) is 10.3 Å². The second-order valence-electron chi connectivity index (χ2n) is 2.05. The fourth-order valence-electron chi connectivity index (χ4n) is 0.923. The quantitative estimate of drug-likeness (QED) is 0.533. The van der Waals surface area contributed by atoms with Crippen molar-refractivity contribution in [1.29, 1.82) is 0 Å². The normalized spacial score (nSPS) is 14.4. The summed E-state index contributed by atoms with van der Waals surface area (Å²) in [6.07, 6.45) is 4.09. The van der Waals surface area contributed by atoms with Crippen LogP contribution in [-0.2, 0) is 0 Å². The van der Waals surface area contributed by atoms with E-state index in [4.69, 9.17) is 12.2 Å². The third-order valence-corrected chi connectivity index (χ3v) is 2.60. The lowest BCUT2D eigenvalue weighted by molar-refractivity contribution is 1.04. The van der Waals surface area contributed by atoms with Crippen LogP contribution in [0.2, 0.25) is 0 Å². The molecule has 0 atom stereocenters. The van der Waals surface area contributed by atoms with E-state index < -0.39 is 0 Å². The van der Waals surface area contributed by atoms with Crippen LogP contribution in [0.3, 0.4) is 0 Å². The summed E-state index contributed by atoms with van der Waals surface area (Å²) in [4.78, 5) is 3.08. The number of hydrogen-bond donors (Lipinski definition) is 2. The molecule has 0 saturated heterocycles. The molecular formula is C6H6N2S2. The number of H-pyrrole nitrogens is 1. The van der Waals surface area contributed by atoms with Gasteiger partial charge in [-0.3, -0.25) is 0 Å². The summed E-state index contributed by atoms with van der Waals surface area (Å²) in [6, 6.07) is 0. The summed E-state index contributed by atoms with van der Waals surface area (Å²) in [7, 11) is 0. The molecule has 10 heavy (non-hydrogen) atoms. The third kappa shape index (κ3) is 0.892.